The highest BCUT2D eigenvalue weighted by Gasteiger charge is 2.26. The predicted octanol–water partition coefficient (Wildman–Crippen LogP) is 7.54. The number of benzene rings is 3. The summed E-state index contributed by atoms with van der Waals surface area (Å²) in [5.41, 5.74) is 3.91. The zero-order valence-electron chi connectivity index (χ0n) is 19.6. The van der Waals surface area contributed by atoms with Crippen LogP contribution in [0.1, 0.15) is 61.6 Å². The molecule has 3 aromatic carbocycles. The smallest absolute Gasteiger partial charge is 0.309 e. The van der Waals surface area contributed by atoms with Crippen LogP contribution in [0.3, 0.4) is 0 Å². The summed E-state index contributed by atoms with van der Waals surface area (Å²) < 4.78 is 23.1. The second-order valence-electron chi connectivity index (χ2n) is 8.51. The van der Waals surface area contributed by atoms with Gasteiger partial charge in [0.05, 0.1) is 5.30 Å². The van der Waals surface area contributed by atoms with Crippen molar-refractivity contribution in [1.82, 2.24) is 0 Å². The summed E-state index contributed by atoms with van der Waals surface area (Å²) in [5, 5.41) is 0.581. The second kappa shape index (κ2) is 11.6. The minimum absolute atomic E-state index is 0.240. The van der Waals surface area contributed by atoms with Crippen LogP contribution in [0.5, 0.6) is 0 Å². The van der Waals surface area contributed by atoms with Gasteiger partial charge in [-0.1, -0.05) is 93.1 Å². The first kappa shape index (κ1) is 24.5. The monoisotopic (exact) mass is 450 g/mol. The normalized spacial score (nSPS) is 14.6. The maximum Gasteiger partial charge on any atom is 0.360 e. The molecule has 3 rings (SSSR count). The largest absolute Gasteiger partial charge is 0.360 e. The van der Waals surface area contributed by atoms with Gasteiger partial charge in [-0.15, -0.1) is 0 Å². The van der Waals surface area contributed by atoms with Crippen LogP contribution in [0.4, 0.5) is 0 Å². The van der Waals surface area contributed by atoms with E-state index in [1.54, 1.807) is 0 Å². The minimum Gasteiger partial charge on any atom is -0.309 e. The standard InChI is InChI=1S/C28H35O3P/c1-5-22(2)20-26(23-12-8-6-9-13-23)21-28(24-14-10-7-11-15-24)25-16-18-27(19-17-25)32(29,30-3)31-4/h6-19,22,26,28H,5,20-21H2,1-4H3. The Bertz CT molecular complexity index is 978. The molecule has 0 aliphatic carbocycles. The summed E-state index contributed by atoms with van der Waals surface area (Å²) in [4.78, 5) is 0. The molecule has 3 nitrogen and oxygen atoms in total. The van der Waals surface area contributed by atoms with Crippen LogP contribution in [-0.4, -0.2) is 14.2 Å². The van der Waals surface area contributed by atoms with Crippen molar-refractivity contribution in [3.63, 3.8) is 0 Å². The average Bonchev–Trinajstić information content (AvgIpc) is 2.87. The van der Waals surface area contributed by atoms with Gasteiger partial charge in [0.25, 0.3) is 0 Å². The molecule has 0 aromatic heterocycles. The molecular formula is C28H35O3P. The first-order chi connectivity index (χ1) is 15.5. The lowest BCUT2D eigenvalue weighted by molar-refractivity contribution is 0.287. The first-order valence-electron chi connectivity index (χ1n) is 11.4. The topological polar surface area (TPSA) is 35.5 Å². The predicted molar refractivity (Wildman–Crippen MR) is 134 cm³/mol. The summed E-state index contributed by atoms with van der Waals surface area (Å²) in [6.07, 6.45) is 3.35. The van der Waals surface area contributed by atoms with Gasteiger partial charge in [0.1, 0.15) is 0 Å². The Hall–Kier alpha value is -2.19. The molecule has 3 unspecified atom stereocenters. The summed E-state index contributed by atoms with van der Waals surface area (Å²) >= 11 is 0. The van der Waals surface area contributed by atoms with Crippen molar-refractivity contribution in [3.8, 4) is 0 Å². The van der Waals surface area contributed by atoms with Crippen molar-refractivity contribution in [2.75, 3.05) is 14.2 Å². The van der Waals surface area contributed by atoms with E-state index in [0.29, 0.717) is 17.1 Å². The molecule has 4 heteroatoms. The van der Waals surface area contributed by atoms with Crippen molar-refractivity contribution in [2.24, 2.45) is 5.92 Å². The summed E-state index contributed by atoms with van der Waals surface area (Å²) in [6, 6.07) is 29.5. The van der Waals surface area contributed by atoms with Gasteiger partial charge in [-0.25, -0.2) is 0 Å². The Labute approximate surface area is 193 Å². The lowest BCUT2D eigenvalue weighted by atomic mass is 9.77. The molecule has 0 radical (unpaired) electrons. The number of hydrogen-bond donors (Lipinski definition) is 0. The van der Waals surface area contributed by atoms with Gasteiger partial charge in [-0.2, -0.15) is 0 Å². The van der Waals surface area contributed by atoms with E-state index in [1.165, 1.54) is 37.3 Å². The third-order valence-electron chi connectivity index (χ3n) is 6.47. The van der Waals surface area contributed by atoms with E-state index in [9.17, 15) is 4.57 Å². The minimum atomic E-state index is -3.25. The molecule has 0 aliphatic rings. The van der Waals surface area contributed by atoms with E-state index < -0.39 is 7.60 Å². The lowest BCUT2D eigenvalue weighted by Crippen LogP contribution is -2.13. The van der Waals surface area contributed by atoms with Crippen molar-refractivity contribution in [3.05, 3.63) is 102 Å². The molecule has 0 N–H and O–H groups in total. The van der Waals surface area contributed by atoms with Gasteiger partial charge in [0.15, 0.2) is 0 Å². The van der Waals surface area contributed by atoms with E-state index in [2.05, 4.69) is 86.6 Å². The van der Waals surface area contributed by atoms with E-state index in [0.717, 1.165) is 12.8 Å². The number of rotatable bonds is 11. The fraction of sp³-hybridized carbons (Fsp3) is 0.357. The molecule has 0 saturated carbocycles. The van der Waals surface area contributed by atoms with Crippen LogP contribution in [-0.2, 0) is 13.6 Å². The molecule has 0 heterocycles. The van der Waals surface area contributed by atoms with Crippen molar-refractivity contribution in [1.29, 1.82) is 0 Å². The van der Waals surface area contributed by atoms with E-state index >= 15 is 0 Å². The molecule has 0 fully saturated rings. The lowest BCUT2D eigenvalue weighted by Gasteiger charge is -2.27. The van der Waals surface area contributed by atoms with Gasteiger partial charge in [-0.05, 0) is 53.5 Å². The third kappa shape index (κ3) is 5.98. The Morgan fingerprint density at radius 1 is 0.719 bits per heavy atom. The molecule has 3 atom stereocenters. The van der Waals surface area contributed by atoms with E-state index in [1.807, 2.05) is 12.1 Å². The van der Waals surface area contributed by atoms with Crippen LogP contribution >= 0.6 is 7.60 Å². The molecule has 170 valence electrons. The molecule has 0 amide bonds. The maximum absolute atomic E-state index is 12.8. The SMILES string of the molecule is CCC(C)CC(CC(c1ccccc1)c1ccc(P(=O)(OC)OC)cc1)c1ccccc1. The van der Waals surface area contributed by atoms with E-state index in [4.69, 9.17) is 9.05 Å². The molecule has 0 bridgehead atoms. The summed E-state index contributed by atoms with van der Waals surface area (Å²) in [5.74, 6) is 1.36. The van der Waals surface area contributed by atoms with Crippen LogP contribution in [0.2, 0.25) is 0 Å². The van der Waals surface area contributed by atoms with Crippen molar-refractivity contribution < 1.29 is 13.6 Å². The fourth-order valence-electron chi connectivity index (χ4n) is 4.36. The average molecular weight is 451 g/mol. The highest BCUT2D eigenvalue weighted by Crippen LogP contribution is 2.45. The molecule has 32 heavy (non-hydrogen) atoms. The van der Waals surface area contributed by atoms with Gasteiger partial charge in [-0.3, -0.25) is 4.57 Å². The van der Waals surface area contributed by atoms with Gasteiger partial charge in [0.2, 0.25) is 0 Å². The maximum atomic E-state index is 12.8. The van der Waals surface area contributed by atoms with Crippen LogP contribution < -0.4 is 5.30 Å². The highest BCUT2D eigenvalue weighted by atomic mass is 31.2. The molecule has 0 saturated heterocycles. The molecule has 0 aliphatic heterocycles. The second-order valence-corrected chi connectivity index (χ2v) is 10.8. The third-order valence-corrected chi connectivity index (χ3v) is 8.36. The van der Waals surface area contributed by atoms with Crippen molar-refractivity contribution in [2.45, 2.75) is 44.9 Å². The highest BCUT2D eigenvalue weighted by molar-refractivity contribution is 7.62. The first-order valence-corrected chi connectivity index (χ1v) is 13.0. The molecule has 0 spiro atoms. The molecule has 3 aromatic rings. The fourth-order valence-corrected chi connectivity index (χ4v) is 5.44. The zero-order valence-corrected chi connectivity index (χ0v) is 20.5. The Kier molecular flexibility index (Phi) is 8.87. The zero-order chi connectivity index (χ0) is 23.0. The van der Waals surface area contributed by atoms with E-state index in [-0.39, 0.29) is 5.92 Å². The Morgan fingerprint density at radius 3 is 1.72 bits per heavy atom. The van der Waals surface area contributed by atoms with Crippen LogP contribution in [0.25, 0.3) is 0 Å². The van der Waals surface area contributed by atoms with Gasteiger partial charge >= 0.3 is 7.60 Å². The summed E-state index contributed by atoms with van der Waals surface area (Å²) in [7, 11) is -0.412. The quantitative estimate of drug-likeness (QED) is 0.283. The van der Waals surface area contributed by atoms with Gasteiger partial charge in [0, 0.05) is 20.1 Å². The summed E-state index contributed by atoms with van der Waals surface area (Å²) in [6.45, 7) is 4.61. The van der Waals surface area contributed by atoms with Crippen molar-refractivity contribution >= 4 is 12.9 Å². The van der Waals surface area contributed by atoms with Gasteiger partial charge < -0.3 is 9.05 Å². The van der Waals surface area contributed by atoms with Crippen LogP contribution in [0, 0.1) is 5.92 Å². The number of hydrogen-bond acceptors (Lipinski definition) is 3. The Morgan fingerprint density at radius 2 is 1.22 bits per heavy atom. The van der Waals surface area contributed by atoms with Crippen LogP contribution in [0.15, 0.2) is 84.9 Å². The Balaban J connectivity index is 1.98. The molecular weight excluding hydrogens is 415 g/mol.